The number of rotatable bonds is 1. The summed E-state index contributed by atoms with van der Waals surface area (Å²) in [6.45, 7) is 6.04. The third-order valence-electron chi connectivity index (χ3n) is 1.87. The zero-order valence-corrected chi connectivity index (χ0v) is 10.0. The van der Waals surface area contributed by atoms with Gasteiger partial charge in [-0.2, -0.15) is 0 Å². The SMILES string of the molecule is CC.Cc1ccccc1-c1nc(O)cs1. The molecule has 1 N–H and O–H groups in total. The van der Waals surface area contributed by atoms with E-state index in [0.717, 1.165) is 10.6 Å². The van der Waals surface area contributed by atoms with E-state index in [-0.39, 0.29) is 5.88 Å². The first-order chi connectivity index (χ1) is 7.27. The van der Waals surface area contributed by atoms with Crippen LogP contribution in [-0.2, 0) is 0 Å². The van der Waals surface area contributed by atoms with Gasteiger partial charge in [0.2, 0.25) is 5.88 Å². The number of aryl methyl sites for hydroxylation is 1. The zero-order chi connectivity index (χ0) is 11.3. The smallest absolute Gasteiger partial charge is 0.222 e. The lowest BCUT2D eigenvalue weighted by molar-refractivity contribution is 0.458. The second-order valence-corrected chi connectivity index (χ2v) is 3.68. The van der Waals surface area contributed by atoms with Gasteiger partial charge in [0, 0.05) is 5.56 Å². The topological polar surface area (TPSA) is 33.1 Å². The Morgan fingerprint density at radius 1 is 1.20 bits per heavy atom. The van der Waals surface area contributed by atoms with Gasteiger partial charge in [-0.25, -0.2) is 4.98 Å². The highest BCUT2D eigenvalue weighted by Crippen LogP contribution is 2.28. The van der Waals surface area contributed by atoms with Gasteiger partial charge in [0.1, 0.15) is 5.01 Å². The van der Waals surface area contributed by atoms with E-state index in [4.69, 9.17) is 5.11 Å². The monoisotopic (exact) mass is 221 g/mol. The molecular formula is C12H15NOS. The fraction of sp³-hybridized carbons (Fsp3) is 0.250. The summed E-state index contributed by atoms with van der Waals surface area (Å²) in [5.41, 5.74) is 2.27. The number of hydrogen-bond acceptors (Lipinski definition) is 3. The molecular weight excluding hydrogens is 206 g/mol. The van der Waals surface area contributed by atoms with Crippen molar-refractivity contribution in [2.45, 2.75) is 20.8 Å². The van der Waals surface area contributed by atoms with Gasteiger partial charge in [-0.3, -0.25) is 0 Å². The summed E-state index contributed by atoms with van der Waals surface area (Å²) < 4.78 is 0. The third-order valence-corrected chi connectivity index (χ3v) is 2.73. The van der Waals surface area contributed by atoms with Crippen molar-refractivity contribution in [3.8, 4) is 16.5 Å². The summed E-state index contributed by atoms with van der Waals surface area (Å²) >= 11 is 1.46. The number of aromatic nitrogens is 1. The molecule has 1 aromatic heterocycles. The van der Waals surface area contributed by atoms with Crippen molar-refractivity contribution in [3.63, 3.8) is 0 Å². The fourth-order valence-electron chi connectivity index (χ4n) is 1.20. The molecule has 0 saturated carbocycles. The van der Waals surface area contributed by atoms with Crippen LogP contribution < -0.4 is 0 Å². The number of benzene rings is 1. The quantitative estimate of drug-likeness (QED) is 0.793. The Hall–Kier alpha value is -1.35. The standard InChI is InChI=1S/C10H9NOS.C2H6/c1-7-4-2-3-5-8(7)10-11-9(12)6-13-10;1-2/h2-6,12H,1H3;1-2H3. The summed E-state index contributed by atoms with van der Waals surface area (Å²) in [7, 11) is 0. The molecule has 80 valence electrons. The maximum Gasteiger partial charge on any atom is 0.222 e. The molecule has 0 aliphatic carbocycles. The lowest BCUT2D eigenvalue weighted by atomic mass is 10.1. The largest absolute Gasteiger partial charge is 0.493 e. The second kappa shape index (κ2) is 5.51. The average molecular weight is 221 g/mol. The first kappa shape index (κ1) is 11.7. The molecule has 1 heterocycles. The van der Waals surface area contributed by atoms with Gasteiger partial charge < -0.3 is 5.11 Å². The van der Waals surface area contributed by atoms with E-state index in [1.807, 2.05) is 45.0 Å². The normalized spacial score (nSPS) is 9.27. The van der Waals surface area contributed by atoms with Crippen molar-refractivity contribution in [2.24, 2.45) is 0 Å². The van der Waals surface area contributed by atoms with Crippen molar-refractivity contribution in [3.05, 3.63) is 35.2 Å². The predicted octanol–water partition coefficient (Wildman–Crippen LogP) is 3.85. The van der Waals surface area contributed by atoms with E-state index >= 15 is 0 Å². The third kappa shape index (κ3) is 2.80. The Morgan fingerprint density at radius 2 is 1.87 bits per heavy atom. The van der Waals surface area contributed by atoms with Crippen LogP contribution in [0.15, 0.2) is 29.6 Å². The molecule has 1 aromatic carbocycles. The number of nitrogens with zero attached hydrogens (tertiary/aromatic N) is 1. The Morgan fingerprint density at radius 3 is 2.40 bits per heavy atom. The van der Waals surface area contributed by atoms with Gasteiger partial charge in [0.25, 0.3) is 0 Å². The van der Waals surface area contributed by atoms with E-state index in [0.29, 0.717) is 0 Å². The average Bonchev–Trinajstić information content (AvgIpc) is 2.68. The Kier molecular flexibility index (Phi) is 4.31. The van der Waals surface area contributed by atoms with Gasteiger partial charge in [-0.05, 0) is 12.5 Å². The summed E-state index contributed by atoms with van der Waals surface area (Å²) in [5.74, 6) is 0.100. The van der Waals surface area contributed by atoms with Crippen molar-refractivity contribution in [2.75, 3.05) is 0 Å². The summed E-state index contributed by atoms with van der Waals surface area (Å²) in [5, 5.41) is 11.6. The molecule has 0 atom stereocenters. The molecule has 0 unspecified atom stereocenters. The maximum absolute atomic E-state index is 9.10. The molecule has 0 amide bonds. The van der Waals surface area contributed by atoms with Crippen molar-refractivity contribution in [1.29, 1.82) is 0 Å². The molecule has 0 spiro atoms. The van der Waals surface area contributed by atoms with Gasteiger partial charge in [0.05, 0.1) is 5.38 Å². The maximum atomic E-state index is 9.10. The molecule has 0 bridgehead atoms. The Balaban J connectivity index is 0.000000531. The van der Waals surface area contributed by atoms with Crippen molar-refractivity contribution in [1.82, 2.24) is 4.98 Å². The van der Waals surface area contributed by atoms with E-state index < -0.39 is 0 Å². The highest BCUT2D eigenvalue weighted by atomic mass is 32.1. The number of hydrogen-bond donors (Lipinski definition) is 1. The van der Waals surface area contributed by atoms with Crippen LogP contribution in [-0.4, -0.2) is 10.1 Å². The molecule has 0 fully saturated rings. The minimum absolute atomic E-state index is 0.100. The van der Waals surface area contributed by atoms with Crippen LogP contribution in [0.25, 0.3) is 10.6 Å². The van der Waals surface area contributed by atoms with Crippen molar-refractivity contribution < 1.29 is 5.11 Å². The van der Waals surface area contributed by atoms with Crippen LogP contribution in [0.1, 0.15) is 19.4 Å². The van der Waals surface area contributed by atoms with Crippen molar-refractivity contribution >= 4 is 11.3 Å². The molecule has 0 aliphatic rings. The van der Waals surface area contributed by atoms with E-state index in [9.17, 15) is 0 Å². The lowest BCUT2D eigenvalue weighted by Crippen LogP contribution is -1.80. The van der Waals surface area contributed by atoms with Crippen LogP contribution in [0.4, 0.5) is 0 Å². The zero-order valence-electron chi connectivity index (χ0n) is 9.19. The molecule has 0 saturated heterocycles. The van der Waals surface area contributed by atoms with E-state index in [2.05, 4.69) is 4.98 Å². The molecule has 0 radical (unpaired) electrons. The van der Waals surface area contributed by atoms with E-state index in [1.165, 1.54) is 16.9 Å². The minimum atomic E-state index is 0.100. The lowest BCUT2D eigenvalue weighted by Gasteiger charge is -1.99. The number of aromatic hydroxyl groups is 1. The van der Waals surface area contributed by atoms with Gasteiger partial charge in [0.15, 0.2) is 0 Å². The number of thiazole rings is 1. The molecule has 2 nitrogen and oxygen atoms in total. The molecule has 0 aliphatic heterocycles. The Bertz CT molecular complexity index is 423. The summed E-state index contributed by atoms with van der Waals surface area (Å²) in [6.07, 6.45) is 0. The van der Waals surface area contributed by atoms with Crippen LogP contribution in [0.2, 0.25) is 0 Å². The summed E-state index contributed by atoms with van der Waals surface area (Å²) in [6, 6.07) is 8.01. The van der Waals surface area contributed by atoms with E-state index in [1.54, 1.807) is 5.38 Å². The molecule has 3 heteroatoms. The first-order valence-electron chi connectivity index (χ1n) is 4.98. The second-order valence-electron chi connectivity index (χ2n) is 2.83. The highest BCUT2D eigenvalue weighted by Gasteiger charge is 2.04. The molecule has 2 rings (SSSR count). The summed E-state index contributed by atoms with van der Waals surface area (Å²) in [4.78, 5) is 4.02. The van der Waals surface area contributed by atoms with Gasteiger partial charge >= 0.3 is 0 Å². The first-order valence-corrected chi connectivity index (χ1v) is 5.86. The van der Waals surface area contributed by atoms with Crippen LogP contribution in [0.3, 0.4) is 0 Å². The Labute approximate surface area is 94.2 Å². The fourth-order valence-corrected chi connectivity index (χ4v) is 1.97. The van der Waals surface area contributed by atoms with Gasteiger partial charge in [-0.1, -0.05) is 38.1 Å². The van der Waals surface area contributed by atoms with Gasteiger partial charge in [-0.15, -0.1) is 11.3 Å². The molecule has 15 heavy (non-hydrogen) atoms. The van der Waals surface area contributed by atoms with Crippen LogP contribution >= 0.6 is 11.3 Å². The highest BCUT2D eigenvalue weighted by molar-refractivity contribution is 7.13. The van der Waals surface area contributed by atoms with Crippen LogP contribution in [0, 0.1) is 6.92 Å². The predicted molar refractivity (Wildman–Crippen MR) is 65.3 cm³/mol. The van der Waals surface area contributed by atoms with Crippen LogP contribution in [0.5, 0.6) is 5.88 Å². The minimum Gasteiger partial charge on any atom is -0.493 e. The molecule has 2 aromatic rings.